The number of anilines is 1. The Morgan fingerprint density at radius 3 is 2.62 bits per heavy atom. The van der Waals surface area contributed by atoms with Crippen LogP contribution in [0.1, 0.15) is 38.2 Å². The van der Waals surface area contributed by atoms with Crippen molar-refractivity contribution in [3.63, 3.8) is 0 Å². The molecule has 1 aromatic rings. The van der Waals surface area contributed by atoms with Crippen LogP contribution in [0.4, 0.5) is 5.82 Å². The van der Waals surface area contributed by atoms with Crippen molar-refractivity contribution in [2.45, 2.75) is 44.7 Å². The Balaban J connectivity index is 1.91. The first-order valence-electron chi connectivity index (χ1n) is 8.10. The van der Waals surface area contributed by atoms with E-state index in [1.807, 2.05) is 6.20 Å². The smallest absolute Gasteiger partial charge is 0.126 e. The van der Waals surface area contributed by atoms with E-state index in [-0.39, 0.29) is 0 Å². The van der Waals surface area contributed by atoms with Gasteiger partial charge in [-0.15, -0.1) is 0 Å². The highest BCUT2D eigenvalue weighted by Gasteiger charge is 2.39. The number of nitrogens with zero attached hydrogens (tertiary/aromatic N) is 3. The minimum atomic E-state index is 0.394. The Morgan fingerprint density at radius 1 is 1.29 bits per heavy atom. The highest BCUT2D eigenvalue weighted by molar-refractivity contribution is 5.37. The molecule has 21 heavy (non-hydrogen) atoms. The van der Waals surface area contributed by atoms with Crippen LogP contribution in [0.2, 0.25) is 0 Å². The van der Waals surface area contributed by atoms with Crippen molar-refractivity contribution >= 4 is 5.82 Å². The number of aromatic nitrogens is 1. The van der Waals surface area contributed by atoms with Crippen LogP contribution in [0.15, 0.2) is 18.3 Å². The lowest BCUT2D eigenvalue weighted by Crippen LogP contribution is -2.56. The molecule has 1 saturated carbocycles. The molecule has 1 aromatic heterocycles. The minimum Gasteiger partial charge on any atom is -0.370 e. The zero-order chi connectivity index (χ0) is 15.3. The lowest BCUT2D eigenvalue weighted by atomic mass is 9.75. The van der Waals surface area contributed by atoms with Gasteiger partial charge in [0.15, 0.2) is 0 Å². The fourth-order valence-electron chi connectivity index (χ4n) is 3.12. The second kappa shape index (κ2) is 7.23. The maximum absolute atomic E-state index is 4.38. The van der Waals surface area contributed by atoms with Crippen LogP contribution in [-0.2, 0) is 6.54 Å². The van der Waals surface area contributed by atoms with Crippen LogP contribution >= 0.6 is 0 Å². The summed E-state index contributed by atoms with van der Waals surface area (Å²) >= 11 is 0. The number of pyridine rings is 1. The average molecular weight is 290 g/mol. The van der Waals surface area contributed by atoms with E-state index in [1.165, 1.54) is 24.8 Å². The molecule has 4 heteroatoms. The highest BCUT2D eigenvalue weighted by Crippen LogP contribution is 2.36. The molecule has 118 valence electrons. The van der Waals surface area contributed by atoms with Crippen LogP contribution < -0.4 is 5.32 Å². The zero-order valence-corrected chi connectivity index (χ0v) is 14.0. The van der Waals surface area contributed by atoms with Gasteiger partial charge in [0.25, 0.3) is 0 Å². The van der Waals surface area contributed by atoms with E-state index >= 15 is 0 Å². The first-order valence-corrected chi connectivity index (χ1v) is 8.10. The van der Waals surface area contributed by atoms with E-state index in [1.54, 1.807) is 0 Å². The van der Waals surface area contributed by atoms with Crippen LogP contribution in [0.25, 0.3) is 0 Å². The van der Waals surface area contributed by atoms with E-state index < -0.39 is 0 Å². The minimum absolute atomic E-state index is 0.394. The third-order valence-corrected chi connectivity index (χ3v) is 4.63. The van der Waals surface area contributed by atoms with Gasteiger partial charge in [-0.05, 0) is 64.5 Å². The van der Waals surface area contributed by atoms with Crippen molar-refractivity contribution in [3.05, 3.63) is 23.9 Å². The van der Waals surface area contributed by atoms with Gasteiger partial charge in [-0.25, -0.2) is 4.98 Å². The van der Waals surface area contributed by atoms with Gasteiger partial charge < -0.3 is 15.1 Å². The molecule has 0 radical (unpaired) electrons. The summed E-state index contributed by atoms with van der Waals surface area (Å²) in [5.74, 6) is 0.994. The van der Waals surface area contributed by atoms with Gasteiger partial charge in [0.05, 0.1) is 0 Å². The molecule has 1 aliphatic rings. The monoisotopic (exact) mass is 290 g/mol. The summed E-state index contributed by atoms with van der Waals surface area (Å²) < 4.78 is 0. The second-order valence-corrected chi connectivity index (χ2v) is 6.62. The SMILES string of the molecule is CCCNc1cc(CN(C)CC2(N(C)C)CCC2)ccn1. The molecule has 0 atom stereocenters. The van der Waals surface area contributed by atoms with Gasteiger partial charge in [0.1, 0.15) is 5.82 Å². The summed E-state index contributed by atoms with van der Waals surface area (Å²) in [6, 6.07) is 4.30. The molecule has 0 saturated heterocycles. The summed E-state index contributed by atoms with van der Waals surface area (Å²) in [5, 5.41) is 3.36. The Hall–Kier alpha value is -1.13. The Kier molecular flexibility index (Phi) is 5.59. The maximum Gasteiger partial charge on any atom is 0.126 e. The van der Waals surface area contributed by atoms with Gasteiger partial charge in [-0.1, -0.05) is 6.92 Å². The number of nitrogens with one attached hydrogen (secondary N) is 1. The molecule has 2 rings (SSSR count). The molecular weight excluding hydrogens is 260 g/mol. The third-order valence-electron chi connectivity index (χ3n) is 4.63. The number of likely N-dealkylation sites (N-methyl/N-ethyl adjacent to an activating group) is 2. The molecular formula is C17H30N4. The molecule has 0 aromatic carbocycles. The number of rotatable bonds is 8. The summed E-state index contributed by atoms with van der Waals surface area (Å²) in [7, 11) is 6.65. The molecule has 4 nitrogen and oxygen atoms in total. The summed E-state index contributed by atoms with van der Waals surface area (Å²) in [4.78, 5) is 9.23. The first kappa shape index (κ1) is 16.2. The lowest BCUT2D eigenvalue weighted by molar-refractivity contribution is 0.0259. The Bertz CT molecular complexity index is 440. The van der Waals surface area contributed by atoms with Crippen LogP contribution in [-0.4, -0.2) is 54.6 Å². The van der Waals surface area contributed by atoms with Gasteiger partial charge in [-0.2, -0.15) is 0 Å². The van der Waals surface area contributed by atoms with E-state index in [9.17, 15) is 0 Å². The lowest BCUT2D eigenvalue weighted by Gasteiger charge is -2.49. The van der Waals surface area contributed by atoms with Crippen molar-refractivity contribution in [2.75, 3.05) is 39.5 Å². The molecule has 0 unspecified atom stereocenters. The van der Waals surface area contributed by atoms with Crippen molar-refractivity contribution in [3.8, 4) is 0 Å². The molecule has 1 N–H and O–H groups in total. The van der Waals surface area contributed by atoms with Crippen molar-refractivity contribution < 1.29 is 0 Å². The predicted octanol–water partition coefficient (Wildman–Crippen LogP) is 2.82. The van der Waals surface area contributed by atoms with E-state index in [4.69, 9.17) is 0 Å². The van der Waals surface area contributed by atoms with Crippen molar-refractivity contribution in [1.82, 2.24) is 14.8 Å². The zero-order valence-electron chi connectivity index (χ0n) is 14.0. The third kappa shape index (κ3) is 4.17. The van der Waals surface area contributed by atoms with E-state index in [0.717, 1.165) is 31.9 Å². The normalized spacial score (nSPS) is 17.0. The molecule has 1 heterocycles. The largest absolute Gasteiger partial charge is 0.370 e. The molecule has 1 aliphatic carbocycles. The number of hydrogen-bond acceptors (Lipinski definition) is 4. The second-order valence-electron chi connectivity index (χ2n) is 6.62. The summed E-state index contributed by atoms with van der Waals surface area (Å²) in [5.41, 5.74) is 1.73. The topological polar surface area (TPSA) is 31.4 Å². The molecule has 0 aliphatic heterocycles. The maximum atomic E-state index is 4.38. The van der Waals surface area contributed by atoms with Gasteiger partial charge >= 0.3 is 0 Å². The molecule has 0 spiro atoms. The van der Waals surface area contributed by atoms with Crippen molar-refractivity contribution in [1.29, 1.82) is 0 Å². The molecule has 0 amide bonds. The average Bonchev–Trinajstić information content (AvgIpc) is 2.40. The Labute approximate surface area is 129 Å². The fraction of sp³-hybridized carbons (Fsp3) is 0.706. The molecule has 0 bridgehead atoms. The Morgan fingerprint density at radius 2 is 2.05 bits per heavy atom. The van der Waals surface area contributed by atoms with E-state index in [0.29, 0.717) is 5.54 Å². The first-order chi connectivity index (χ1) is 10.1. The quantitative estimate of drug-likeness (QED) is 0.798. The van der Waals surface area contributed by atoms with Gasteiger partial charge in [0.2, 0.25) is 0 Å². The van der Waals surface area contributed by atoms with Crippen LogP contribution in [0.3, 0.4) is 0 Å². The summed E-state index contributed by atoms with van der Waals surface area (Å²) in [6.45, 7) is 5.28. The molecule has 1 fully saturated rings. The number of hydrogen-bond donors (Lipinski definition) is 1. The van der Waals surface area contributed by atoms with Crippen LogP contribution in [0, 0.1) is 0 Å². The summed E-state index contributed by atoms with van der Waals surface area (Å²) in [6.07, 6.45) is 7.05. The van der Waals surface area contributed by atoms with E-state index in [2.05, 4.69) is 60.3 Å². The van der Waals surface area contributed by atoms with Crippen molar-refractivity contribution in [2.24, 2.45) is 0 Å². The van der Waals surface area contributed by atoms with Gasteiger partial charge in [-0.3, -0.25) is 0 Å². The highest BCUT2D eigenvalue weighted by atomic mass is 15.2. The predicted molar refractivity (Wildman–Crippen MR) is 89.6 cm³/mol. The fourth-order valence-corrected chi connectivity index (χ4v) is 3.12. The van der Waals surface area contributed by atoms with Gasteiger partial charge in [0, 0.05) is 31.4 Å². The van der Waals surface area contributed by atoms with Crippen LogP contribution in [0.5, 0.6) is 0 Å². The standard InChI is InChI=1S/C17H30N4/c1-5-10-18-16-12-15(7-11-19-16)13-21(4)14-17(20(2)3)8-6-9-17/h7,11-12H,5-6,8-10,13-14H2,1-4H3,(H,18,19).